The first kappa shape index (κ1) is 31.5. The van der Waals surface area contributed by atoms with E-state index >= 15 is 0 Å². The van der Waals surface area contributed by atoms with Crippen LogP contribution >= 0.6 is 0 Å². The molecule has 0 fully saturated rings. The van der Waals surface area contributed by atoms with Crippen LogP contribution in [-0.4, -0.2) is 58.0 Å². The average molecular weight is 582 g/mol. The van der Waals surface area contributed by atoms with Crippen LogP contribution in [0.2, 0.25) is 0 Å². The van der Waals surface area contributed by atoms with Crippen LogP contribution in [0.3, 0.4) is 0 Å². The molecule has 0 unspecified atom stereocenters. The van der Waals surface area contributed by atoms with Crippen molar-refractivity contribution in [2.45, 2.75) is 58.1 Å². The van der Waals surface area contributed by atoms with E-state index in [9.17, 15) is 18.0 Å². The molecular weight excluding hydrogens is 542 g/mol. The lowest BCUT2D eigenvalue weighted by molar-refractivity contribution is -0.139. The molecule has 0 aliphatic heterocycles. The SMILES string of the molecule is COc1ccc(S(=O)(=O)N(CC(=O)N(Cc2cccc(C)c2)[C@@H](C)C(=O)NC(C)C)c2ccc(C)cc2)cc1OC. The molecule has 9 nitrogen and oxygen atoms in total. The first-order valence-corrected chi connectivity index (χ1v) is 14.8. The highest BCUT2D eigenvalue weighted by atomic mass is 32.2. The molecule has 0 spiro atoms. The molecule has 0 aliphatic rings. The largest absolute Gasteiger partial charge is 0.493 e. The molecule has 1 atom stereocenters. The number of anilines is 1. The second kappa shape index (κ2) is 13.5. The monoisotopic (exact) mass is 581 g/mol. The molecule has 0 heterocycles. The summed E-state index contributed by atoms with van der Waals surface area (Å²) in [4.78, 5) is 28.4. The molecule has 220 valence electrons. The number of sulfonamides is 1. The van der Waals surface area contributed by atoms with E-state index in [1.807, 2.05) is 52.0 Å². The van der Waals surface area contributed by atoms with Gasteiger partial charge in [0, 0.05) is 18.7 Å². The van der Waals surface area contributed by atoms with Gasteiger partial charge >= 0.3 is 0 Å². The number of nitrogens with zero attached hydrogens (tertiary/aromatic N) is 2. The molecule has 0 aliphatic carbocycles. The Bertz CT molecular complexity index is 1470. The second-order valence-corrected chi connectivity index (χ2v) is 12.1. The Balaban J connectivity index is 2.07. The fourth-order valence-corrected chi connectivity index (χ4v) is 5.77. The van der Waals surface area contributed by atoms with Crippen molar-refractivity contribution < 1.29 is 27.5 Å². The second-order valence-electron chi connectivity index (χ2n) is 10.2. The lowest BCUT2D eigenvalue weighted by atomic mass is 10.1. The van der Waals surface area contributed by atoms with Crippen LogP contribution in [0.25, 0.3) is 0 Å². The summed E-state index contributed by atoms with van der Waals surface area (Å²) in [5, 5.41) is 2.86. The number of ether oxygens (including phenoxy) is 2. The van der Waals surface area contributed by atoms with Gasteiger partial charge in [-0.15, -0.1) is 0 Å². The summed E-state index contributed by atoms with van der Waals surface area (Å²) >= 11 is 0. The van der Waals surface area contributed by atoms with Gasteiger partial charge < -0.3 is 19.7 Å². The third-order valence-electron chi connectivity index (χ3n) is 6.58. The number of carbonyl (C=O) groups excluding carboxylic acids is 2. The summed E-state index contributed by atoms with van der Waals surface area (Å²) in [6.45, 7) is 8.76. The number of nitrogens with one attached hydrogen (secondary N) is 1. The zero-order valence-corrected chi connectivity index (χ0v) is 25.5. The number of aryl methyl sites for hydroxylation is 2. The first-order chi connectivity index (χ1) is 19.4. The standard InChI is InChI=1S/C31H39N3O6S/c1-21(2)32-31(36)24(5)33(19-25-10-8-9-23(4)17-25)30(35)20-34(26-13-11-22(3)12-14-26)41(37,38)27-15-16-28(39-6)29(18-27)40-7/h8-18,21,24H,19-20H2,1-7H3,(H,32,36)/t24-/m0/s1. The smallest absolute Gasteiger partial charge is 0.264 e. The van der Waals surface area contributed by atoms with Gasteiger partial charge in [0.25, 0.3) is 10.0 Å². The van der Waals surface area contributed by atoms with Crippen molar-refractivity contribution in [1.82, 2.24) is 10.2 Å². The van der Waals surface area contributed by atoms with Gasteiger partial charge in [-0.05, 0) is 64.4 Å². The maximum absolute atomic E-state index is 14.1. The Morgan fingerprint density at radius 3 is 2.10 bits per heavy atom. The number of methoxy groups -OCH3 is 2. The van der Waals surface area contributed by atoms with Gasteiger partial charge in [-0.1, -0.05) is 47.5 Å². The number of hydrogen-bond donors (Lipinski definition) is 1. The molecule has 3 aromatic rings. The van der Waals surface area contributed by atoms with Gasteiger partial charge in [-0.3, -0.25) is 13.9 Å². The zero-order chi connectivity index (χ0) is 30.3. The first-order valence-electron chi connectivity index (χ1n) is 13.3. The fraction of sp³-hybridized carbons (Fsp3) is 0.355. The predicted octanol–water partition coefficient (Wildman–Crippen LogP) is 4.46. The van der Waals surface area contributed by atoms with Gasteiger partial charge in [-0.2, -0.15) is 0 Å². The Morgan fingerprint density at radius 2 is 1.51 bits per heavy atom. The van der Waals surface area contributed by atoms with E-state index in [1.165, 1.54) is 37.3 Å². The van der Waals surface area contributed by atoms with E-state index in [-0.39, 0.29) is 29.1 Å². The van der Waals surface area contributed by atoms with Crippen molar-refractivity contribution in [2.24, 2.45) is 0 Å². The van der Waals surface area contributed by atoms with Gasteiger partial charge in [0.15, 0.2) is 11.5 Å². The van der Waals surface area contributed by atoms with E-state index in [2.05, 4.69) is 5.32 Å². The lowest BCUT2D eigenvalue weighted by Crippen LogP contribution is -2.52. The Morgan fingerprint density at radius 1 is 0.854 bits per heavy atom. The molecule has 2 amide bonds. The molecular formula is C31H39N3O6S. The predicted molar refractivity (Wildman–Crippen MR) is 160 cm³/mol. The van der Waals surface area contributed by atoms with Crippen LogP contribution in [0, 0.1) is 13.8 Å². The summed E-state index contributed by atoms with van der Waals surface area (Å²) in [6, 6.07) is 17.8. The van der Waals surface area contributed by atoms with Crippen molar-refractivity contribution in [3.05, 3.63) is 83.4 Å². The molecule has 0 bridgehead atoms. The quantitative estimate of drug-likeness (QED) is 0.339. The van der Waals surface area contributed by atoms with Crippen LogP contribution in [0.5, 0.6) is 11.5 Å². The topological polar surface area (TPSA) is 105 Å². The molecule has 1 N–H and O–H groups in total. The van der Waals surface area contributed by atoms with E-state index < -0.39 is 28.5 Å². The van der Waals surface area contributed by atoms with Gasteiger partial charge in [0.2, 0.25) is 11.8 Å². The highest BCUT2D eigenvalue weighted by Crippen LogP contribution is 2.32. The summed E-state index contributed by atoms with van der Waals surface area (Å²) in [6.07, 6.45) is 0. The summed E-state index contributed by atoms with van der Waals surface area (Å²) in [7, 11) is -1.37. The minimum Gasteiger partial charge on any atom is -0.493 e. The third kappa shape index (κ3) is 7.79. The summed E-state index contributed by atoms with van der Waals surface area (Å²) in [5.74, 6) is -0.240. The maximum atomic E-state index is 14.1. The number of rotatable bonds is 12. The highest BCUT2D eigenvalue weighted by molar-refractivity contribution is 7.92. The molecule has 10 heteroatoms. The van der Waals surface area contributed by atoms with Crippen molar-refractivity contribution in [3.63, 3.8) is 0 Å². The van der Waals surface area contributed by atoms with Gasteiger partial charge in [0.1, 0.15) is 12.6 Å². The number of amides is 2. The Hall–Kier alpha value is -4.05. The molecule has 0 saturated heterocycles. The number of benzene rings is 3. The Kier molecular flexibility index (Phi) is 10.4. The molecule has 0 radical (unpaired) electrons. The Labute approximate surface area is 243 Å². The maximum Gasteiger partial charge on any atom is 0.264 e. The molecule has 3 rings (SSSR count). The highest BCUT2D eigenvalue weighted by Gasteiger charge is 2.33. The number of hydrogen-bond acceptors (Lipinski definition) is 6. The molecule has 0 aromatic heterocycles. The van der Waals surface area contributed by atoms with Crippen LogP contribution in [0.15, 0.2) is 71.6 Å². The average Bonchev–Trinajstić information content (AvgIpc) is 2.93. The van der Waals surface area contributed by atoms with Crippen molar-refractivity contribution in [1.29, 1.82) is 0 Å². The lowest BCUT2D eigenvalue weighted by Gasteiger charge is -2.32. The minimum atomic E-state index is -4.25. The third-order valence-corrected chi connectivity index (χ3v) is 8.35. The van der Waals surface area contributed by atoms with Crippen LogP contribution < -0.4 is 19.1 Å². The van der Waals surface area contributed by atoms with Crippen molar-refractivity contribution in [2.75, 3.05) is 25.1 Å². The van der Waals surface area contributed by atoms with Gasteiger partial charge in [0.05, 0.1) is 24.8 Å². The van der Waals surface area contributed by atoms with Crippen molar-refractivity contribution in [3.8, 4) is 11.5 Å². The van der Waals surface area contributed by atoms with E-state index in [0.29, 0.717) is 11.4 Å². The molecule has 0 saturated carbocycles. The summed E-state index contributed by atoms with van der Waals surface area (Å²) < 4.78 is 39.8. The number of carbonyl (C=O) groups is 2. The van der Waals surface area contributed by atoms with Gasteiger partial charge in [-0.25, -0.2) is 8.42 Å². The van der Waals surface area contributed by atoms with Crippen LogP contribution in [-0.2, 0) is 26.2 Å². The van der Waals surface area contributed by atoms with Crippen molar-refractivity contribution >= 4 is 27.5 Å². The normalized spacial score (nSPS) is 12.0. The summed E-state index contributed by atoms with van der Waals surface area (Å²) in [5.41, 5.74) is 3.08. The molecule has 41 heavy (non-hydrogen) atoms. The zero-order valence-electron chi connectivity index (χ0n) is 24.7. The van der Waals surface area contributed by atoms with Crippen LogP contribution in [0.4, 0.5) is 5.69 Å². The van der Waals surface area contributed by atoms with E-state index in [4.69, 9.17) is 9.47 Å². The fourth-order valence-electron chi connectivity index (χ4n) is 4.34. The van der Waals surface area contributed by atoms with E-state index in [0.717, 1.165) is 21.0 Å². The minimum absolute atomic E-state index is 0.0700. The molecule has 3 aromatic carbocycles. The van der Waals surface area contributed by atoms with E-state index in [1.54, 1.807) is 31.2 Å². The van der Waals surface area contributed by atoms with Crippen LogP contribution in [0.1, 0.15) is 37.5 Å².